The van der Waals surface area contributed by atoms with E-state index < -0.39 is 21.7 Å². The zero-order chi connectivity index (χ0) is 12.7. The molecule has 0 radical (unpaired) electrons. The van der Waals surface area contributed by atoms with Crippen LogP contribution in [0, 0.1) is 6.92 Å². The van der Waals surface area contributed by atoms with Gasteiger partial charge in [0.2, 0.25) is 0 Å². The minimum absolute atomic E-state index is 0.0179. The van der Waals surface area contributed by atoms with Crippen molar-refractivity contribution in [1.82, 2.24) is 0 Å². The zero-order valence-corrected chi connectivity index (χ0v) is 10.0. The molecule has 1 fully saturated rings. The minimum Gasteiger partial charge on any atom is -0.479 e. The normalized spacial score (nSPS) is 17.7. The minimum atomic E-state index is -4.00. The molecule has 1 aromatic rings. The monoisotopic (exact) mass is 256 g/mol. The third kappa shape index (κ3) is 2.32. The molecule has 92 valence electrons. The summed E-state index contributed by atoms with van der Waals surface area (Å²) in [6.07, 6.45) is 0.459. The predicted octanol–water partition coefficient (Wildman–Crippen LogP) is 1.32. The predicted molar refractivity (Wildman–Crippen MR) is 59.1 cm³/mol. The Hall–Kier alpha value is -1.40. The van der Waals surface area contributed by atoms with E-state index in [1.165, 1.54) is 12.1 Å². The van der Waals surface area contributed by atoms with Gasteiger partial charge in [0.15, 0.2) is 5.60 Å². The van der Waals surface area contributed by atoms with Gasteiger partial charge in [0.25, 0.3) is 10.1 Å². The van der Waals surface area contributed by atoms with E-state index in [0.29, 0.717) is 0 Å². The average molecular weight is 256 g/mol. The summed E-state index contributed by atoms with van der Waals surface area (Å²) in [5.74, 6) is -1.23. The van der Waals surface area contributed by atoms with Crippen LogP contribution in [0.25, 0.3) is 0 Å². The number of hydrogen-bond donors (Lipinski definition) is 1. The van der Waals surface area contributed by atoms with E-state index >= 15 is 0 Å². The van der Waals surface area contributed by atoms with Crippen LogP contribution >= 0.6 is 0 Å². The molecule has 0 unspecified atom stereocenters. The summed E-state index contributed by atoms with van der Waals surface area (Å²) in [5.41, 5.74) is -0.618. The molecule has 2 rings (SSSR count). The summed E-state index contributed by atoms with van der Waals surface area (Å²) >= 11 is 0. The lowest BCUT2D eigenvalue weighted by molar-refractivity contribution is -0.147. The Morgan fingerprint density at radius 2 is 1.82 bits per heavy atom. The van der Waals surface area contributed by atoms with Gasteiger partial charge in [-0.1, -0.05) is 17.7 Å². The van der Waals surface area contributed by atoms with Crippen molar-refractivity contribution in [2.75, 3.05) is 0 Å². The van der Waals surface area contributed by atoms with Crippen LogP contribution in [0.2, 0.25) is 0 Å². The molecular formula is C11H12O5S. The standard InChI is InChI=1S/C11H12O5S/c1-8-2-4-9(5-3-8)17(14,15)16-11(6-7-11)10(12)13/h2-5H,6-7H2,1H3,(H,12,13). The molecule has 0 heterocycles. The van der Waals surface area contributed by atoms with E-state index in [-0.39, 0.29) is 17.7 Å². The van der Waals surface area contributed by atoms with Crippen molar-refractivity contribution in [2.45, 2.75) is 30.3 Å². The third-order valence-corrected chi connectivity index (χ3v) is 4.06. The summed E-state index contributed by atoms with van der Waals surface area (Å²) < 4.78 is 28.4. The molecule has 17 heavy (non-hydrogen) atoms. The van der Waals surface area contributed by atoms with Crippen LogP contribution in [0.3, 0.4) is 0 Å². The Bertz CT molecular complexity index is 540. The van der Waals surface area contributed by atoms with Gasteiger partial charge in [-0.25, -0.2) is 8.98 Å². The Morgan fingerprint density at radius 1 is 1.29 bits per heavy atom. The van der Waals surface area contributed by atoms with Gasteiger partial charge >= 0.3 is 5.97 Å². The van der Waals surface area contributed by atoms with Crippen molar-refractivity contribution >= 4 is 16.1 Å². The van der Waals surface area contributed by atoms with E-state index in [0.717, 1.165) is 5.56 Å². The lowest BCUT2D eigenvalue weighted by Gasteiger charge is -2.11. The summed E-state index contributed by atoms with van der Waals surface area (Å²) in [6, 6.07) is 6.08. The maximum absolute atomic E-state index is 11.8. The highest BCUT2D eigenvalue weighted by molar-refractivity contribution is 7.86. The number of aliphatic carboxylic acids is 1. The first kappa shape index (κ1) is 12.1. The smallest absolute Gasteiger partial charge is 0.337 e. The lowest BCUT2D eigenvalue weighted by Crippen LogP contribution is -2.29. The van der Waals surface area contributed by atoms with E-state index in [4.69, 9.17) is 9.29 Å². The molecule has 0 spiro atoms. The molecule has 6 heteroatoms. The molecule has 1 saturated carbocycles. The van der Waals surface area contributed by atoms with Crippen LogP contribution in [0.15, 0.2) is 29.2 Å². The zero-order valence-electron chi connectivity index (χ0n) is 9.21. The maximum Gasteiger partial charge on any atom is 0.337 e. The first-order valence-electron chi connectivity index (χ1n) is 5.11. The van der Waals surface area contributed by atoms with Crippen LogP contribution < -0.4 is 0 Å². The van der Waals surface area contributed by atoms with Crippen molar-refractivity contribution in [3.8, 4) is 0 Å². The van der Waals surface area contributed by atoms with E-state index in [1.54, 1.807) is 12.1 Å². The SMILES string of the molecule is Cc1ccc(S(=O)(=O)OC2(C(=O)O)CC2)cc1. The van der Waals surface area contributed by atoms with Gasteiger partial charge in [0.1, 0.15) is 0 Å². The largest absolute Gasteiger partial charge is 0.479 e. The van der Waals surface area contributed by atoms with Gasteiger partial charge in [-0.15, -0.1) is 0 Å². The Morgan fingerprint density at radius 3 is 2.24 bits per heavy atom. The van der Waals surface area contributed by atoms with E-state index in [9.17, 15) is 13.2 Å². The number of carboxylic acids is 1. The first-order valence-corrected chi connectivity index (χ1v) is 6.52. The second kappa shape index (κ2) is 3.82. The first-order chi connectivity index (χ1) is 7.86. The van der Waals surface area contributed by atoms with Crippen LogP contribution in [-0.4, -0.2) is 25.1 Å². The average Bonchev–Trinajstić information content (AvgIpc) is 2.99. The summed E-state index contributed by atoms with van der Waals surface area (Å²) in [6.45, 7) is 1.83. The summed E-state index contributed by atoms with van der Waals surface area (Å²) in [4.78, 5) is 10.8. The van der Waals surface area contributed by atoms with Gasteiger partial charge in [-0.3, -0.25) is 0 Å². The molecule has 0 aliphatic heterocycles. The van der Waals surface area contributed by atoms with Crippen LogP contribution in [0.4, 0.5) is 0 Å². The third-order valence-electron chi connectivity index (χ3n) is 2.67. The summed E-state index contributed by atoms with van der Waals surface area (Å²) in [7, 11) is -4.00. The maximum atomic E-state index is 11.8. The number of carboxylic acid groups (broad SMARTS) is 1. The van der Waals surface area contributed by atoms with Gasteiger partial charge in [-0.05, 0) is 31.9 Å². The second-order valence-corrected chi connectivity index (χ2v) is 5.70. The Balaban J connectivity index is 2.26. The number of hydrogen-bond acceptors (Lipinski definition) is 4. The highest BCUT2D eigenvalue weighted by Crippen LogP contribution is 2.42. The van der Waals surface area contributed by atoms with Crippen LogP contribution in [0.1, 0.15) is 18.4 Å². The highest BCUT2D eigenvalue weighted by atomic mass is 32.2. The second-order valence-electron chi connectivity index (χ2n) is 4.15. The quantitative estimate of drug-likeness (QED) is 0.822. The van der Waals surface area contributed by atoms with Gasteiger partial charge < -0.3 is 5.11 Å². The fourth-order valence-electron chi connectivity index (χ4n) is 1.41. The number of carbonyl (C=O) groups is 1. The molecule has 5 nitrogen and oxygen atoms in total. The van der Waals surface area contributed by atoms with Crippen molar-refractivity contribution in [2.24, 2.45) is 0 Å². The van der Waals surface area contributed by atoms with Crippen molar-refractivity contribution < 1.29 is 22.5 Å². The van der Waals surface area contributed by atoms with Gasteiger partial charge in [0.05, 0.1) is 4.90 Å². The van der Waals surface area contributed by atoms with E-state index in [2.05, 4.69) is 0 Å². The van der Waals surface area contributed by atoms with Crippen LogP contribution in [0.5, 0.6) is 0 Å². The molecule has 1 aliphatic rings. The molecule has 0 amide bonds. The number of rotatable bonds is 4. The number of benzene rings is 1. The Labute approximate surface area is 99.2 Å². The highest BCUT2D eigenvalue weighted by Gasteiger charge is 2.55. The van der Waals surface area contributed by atoms with Crippen LogP contribution in [-0.2, 0) is 19.1 Å². The fraction of sp³-hybridized carbons (Fsp3) is 0.364. The molecule has 1 aliphatic carbocycles. The number of aryl methyl sites for hydroxylation is 1. The molecule has 0 bridgehead atoms. The fourth-order valence-corrected chi connectivity index (χ4v) is 2.63. The molecule has 1 N–H and O–H groups in total. The molecule has 0 aromatic heterocycles. The van der Waals surface area contributed by atoms with Crippen molar-refractivity contribution in [3.05, 3.63) is 29.8 Å². The van der Waals surface area contributed by atoms with E-state index in [1.807, 2.05) is 6.92 Å². The Kier molecular flexibility index (Phi) is 2.71. The van der Waals surface area contributed by atoms with Crippen molar-refractivity contribution in [3.63, 3.8) is 0 Å². The van der Waals surface area contributed by atoms with Gasteiger partial charge in [0, 0.05) is 0 Å². The molecular weight excluding hydrogens is 244 g/mol. The molecule has 1 aromatic carbocycles. The topological polar surface area (TPSA) is 80.7 Å². The van der Waals surface area contributed by atoms with Gasteiger partial charge in [-0.2, -0.15) is 8.42 Å². The lowest BCUT2D eigenvalue weighted by atomic mass is 10.2. The van der Waals surface area contributed by atoms with Crippen molar-refractivity contribution in [1.29, 1.82) is 0 Å². The molecule has 0 atom stereocenters. The molecule has 0 saturated heterocycles. The summed E-state index contributed by atoms with van der Waals surface area (Å²) in [5, 5.41) is 8.87.